The van der Waals surface area contributed by atoms with Crippen molar-refractivity contribution in [3.8, 4) is 0 Å². The van der Waals surface area contributed by atoms with Gasteiger partial charge in [-0.2, -0.15) is 0 Å². The van der Waals surface area contributed by atoms with Crippen LogP contribution in [0.5, 0.6) is 0 Å². The van der Waals surface area contributed by atoms with Crippen molar-refractivity contribution in [2.45, 2.75) is 20.3 Å². The lowest BCUT2D eigenvalue weighted by Crippen LogP contribution is -2.32. The van der Waals surface area contributed by atoms with Crippen LogP contribution in [0.3, 0.4) is 0 Å². The number of benzene rings is 1. The number of carbonyl (C=O) groups excluding carboxylic acids is 1. The molecule has 0 atom stereocenters. The van der Waals surface area contributed by atoms with Gasteiger partial charge in [-0.3, -0.25) is 4.79 Å². The molecule has 0 aliphatic carbocycles. The van der Waals surface area contributed by atoms with Crippen LogP contribution in [0, 0.1) is 6.92 Å². The van der Waals surface area contributed by atoms with E-state index in [0.717, 1.165) is 24.4 Å². The Bertz CT molecular complexity index is 533. The van der Waals surface area contributed by atoms with Crippen LogP contribution in [-0.2, 0) is 6.42 Å². The summed E-state index contributed by atoms with van der Waals surface area (Å²) in [6.45, 7) is 5.59. The number of carbonyl (C=O) groups is 1. The zero-order valence-electron chi connectivity index (χ0n) is 11.4. The fourth-order valence-corrected chi connectivity index (χ4v) is 2.85. The summed E-state index contributed by atoms with van der Waals surface area (Å²) in [4.78, 5) is 16.3. The second-order valence-electron chi connectivity index (χ2n) is 4.53. The predicted molar refractivity (Wildman–Crippen MR) is 80.8 cm³/mol. The van der Waals surface area contributed by atoms with Crippen LogP contribution in [0.15, 0.2) is 42.5 Å². The molecular formula is C16H19NOS. The third-order valence-corrected chi connectivity index (χ3v) is 4.12. The first-order valence-corrected chi connectivity index (χ1v) is 7.42. The van der Waals surface area contributed by atoms with Crippen LogP contribution in [0.4, 0.5) is 0 Å². The molecule has 0 spiro atoms. The molecule has 100 valence electrons. The van der Waals surface area contributed by atoms with Gasteiger partial charge in [0, 0.05) is 18.0 Å². The van der Waals surface area contributed by atoms with E-state index in [4.69, 9.17) is 0 Å². The van der Waals surface area contributed by atoms with Crippen LogP contribution in [0.1, 0.15) is 27.0 Å². The van der Waals surface area contributed by atoms with E-state index in [1.165, 1.54) is 10.4 Å². The van der Waals surface area contributed by atoms with Crippen molar-refractivity contribution >= 4 is 17.2 Å². The zero-order valence-corrected chi connectivity index (χ0v) is 12.2. The van der Waals surface area contributed by atoms with Crippen molar-refractivity contribution in [1.29, 1.82) is 0 Å². The zero-order chi connectivity index (χ0) is 13.7. The van der Waals surface area contributed by atoms with Gasteiger partial charge in [0.25, 0.3) is 5.91 Å². The van der Waals surface area contributed by atoms with Gasteiger partial charge in [-0.15, -0.1) is 11.3 Å². The van der Waals surface area contributed by atoms with E-state index in [-0.39, 0.29) is 5.91 Å². The maximum Gasteiger partial charge on any atom is 0.263 e. The van der Waals surface area contributed by atoms with E-state index < -0.39 is 0 Å². The maximum atomic E-state index is 12.3. The Balaban J connectivity index is 1.98. The summed E-state index contributed by atoms with van der Waals surface area (Å²) in [6.07, 6.45) is 0.908. The Kier molecular flexibility index (Phi) is 4.74. The first kappa shape index (κ1) is 13.8. The van der Waals surface area contributed by atoms with Crippen LogP contribution in [0.2, 0.25) is 0 Å². The van der Waals surface area contributed by atoms with Crippen LogP contribution in [-0.4, -0.2) is 23.9 Å². The van der Waals surface area contributed by atoms with E-state index in [1.807, 2.05) is 49.1 Å². The molecule has 1 aromatic heterocycles. The lowest BCUT2D eigenvalue weighted by atomic mass is 10.1. The van der Waals surface area contributed by atoms with Gasteiger partial charge in [-0.05, 0) is 38.0 Å². The van der Waals surface area contributed by atoms with E-state index >= 15 is 0 Å². The summed E-state index contributed by atoms with van der Waals surface area (Å²) >= 11 is 1.57. The number of amides is 1. The second kappa shape index (κ2) is 6.53. The molecule has 0 fully saturated rings. The molecule has 0 saturated carbocycles. The van der Waals surface area contributed by atoms with Crippen molar-refractivity contribution in [3.63, 3.8) is 0 Å². The number of rotatable bonds is 5. The van der Waals surface area contributed by atoms with Gasteiger partial charge in [0.1, 0.15) is 0 Å². The van der Waals surface area contributed by atoms with Gasteiger partial charge >= 0.3 is 0 Å². The van der Waals surface area contributed by atoms with Crippen LogP contribution in [0.25, 0.3) is 0 Å². The van der Waals surface area contributed by atoms with Crippen molar-refractivity contribution in [2.75, 3.05) is 13.1 Å². The minimum Gasteiger partial charge on any atom is -0.338 e. The van der Waals surface area contributed by atoms with Crippen molar-refractivity contribution < 1.29 is 4.79 Å². The van der Waals surface area contributed by atoms with Crippen molar-refractivity contribution in [3.05, 3.63) is 57.8 Å². The molecule has 19 heavy (non-hydrogen) atoms. The predicted octanol–water partition coefficient (Wildman–Crippen LogP) is 3.76. The van der Waals surface area contributed by atoms with Gasteiger partial charge in [0.2, 0.25) is 0 Å². The standard InChI is InChI=1S/C16H19NOS/c1-3-17(12-11-14-7-5-4-6-8-14)16(18)15-10-9-13(2)19-15/h4-10H,3,11-12H2,1-2H3. The van der Waals surface area contributed by atoms with Gasteiger partial charge in [0.05, 0.1) is 4.88 Å². The highest BCUT2D eigenvalue weighted by molar-refractivity contribution is 7.13. The number of aryl methyl sites for hydroxylation is 1. The van der Waals surface area contributed by atoms with Gasteiger partial charge in [0.15, 0.2) is 0 Å². The molecular weight excluding hydrogens is 254 g/mol. The fraction of sp³-hybridized carbons (Fsp3) is 0.312. The molecule has 0 bridgehead atoms. The Labute approximate surface area is 118 Å². The number of hydrogen-bond donors (Lipinski definition) is 0. The summed E-state index contributed by atoms with van der Waals surface area (Å²) in [7, 11) is 0. The van der Waals surface area contributed by atoms with Gasteiger partial charge < -0.3 is 4.90 Å². The summed E-state index contributed by atoms with van der Waals surface area (Å²) in [6, 6.07) is 14.2. The largest absolute Gasteiger partial charge is 0.338 e. The highest BCUT2D eigenvalue weighted by Gasteiger charge is 2.15. The van der Waals surface area contributed by atoms with E-state index in [9.17, 15) is 4.79 Å². The topological polar surface area (TPSA) is 20.3 Å². The third-order valence-electron chi connectivity index (χ3n) is 3.13. The number of likely N-dealkylation sites (N-methyl/N-ethyl adjacent to an activating group) is 1. The highest BCUT2D eigenvalue weighted by atomic mass is 32.1. The average Bonchev–Trinajstić information content (AvgIpc) is 2.87. The molecule has 0 unspecified atom stereocenters. The Hall–Kier alpha value is -1.61. The smallest absolute Gasteiger partial charge is 0.263 e. The summed E-state index contributed by atoms with van der Waals surface area (Å²) < 4.78 is 0. The SMILES string of the molecule is CCN(CCc1ccccc1)C(=O)c1ccc(C)s1. The maximum absolute atomic E-state index is 12.3. The molecule has 3 heteroatoms. The highest BCUT2D eigenvalue weighted by Crippen LogP contribution is 2.17. The second-order valence-corrected chi connectivity index (χ2v) is 5.82. The molecule has 1 aromatic carbocycles. The minimum atomic E-state index is 0.150. The first-order valence-electron chi connectivity index (χ1n) is 6.60. The normalized spacial score (nSPS) is 10.4. The Morgan fingerprint density at radius 1 is 1.16 bits per heavy atom. The Morgan fingerprint density at radius 2 is 1.89 bits per heavy atom. The lowest BCUT2D eigenvalue weighted by Gasteiger charge is -2.20. The van der Waals surface area contributed by atoms with Gasteiger partial charge in [-0.25, -0.2) is 0 Å². The number of hydrogen-bond acceptors (Lipinski definition) is 2. The summed E-state index contributed by atoms with van der Waals surface area (Å²) in [5.74, 6) is 0.150. The number of thiophene rings is 1. The molecule has 0 N–H and O–H groups in total. The van der Waals surface area contributed by atoms with E-state index in [2.05, 4.69) is 12.1 Å². The Morgan fingerprint density at radius 3 is 2.47 bits per heavy atom. The minimum absolute atomic E-state index is 0.150. The average molecular weight is 273 g/mol. The van der Waals surface area contributed by atoms with Crippen LogP contribution >= 0.6 is 11.3 Å². The number of nitrogens with zero attached hydrogens (tertiary/aromatic N) is 1. The van der Waals surface area contributed by atoms with E-state index in [1.54, 1.807) is 11.3 Å². The van der Waals surface area contributed by atoms with E-state index in [0.29, 0.717) is 0 Å². The molecule has 0 saturated heterocycles. The molecule has 2 nitrogen and oxygen atoms in total. The quantitative estimate of drug-likeness (QED) is 0.812. The molecule has 1 heterocycles. The van der Waals surface area contributed by atoms with Gasteiger partial charge in [-0.1, -0.05) is 30.3 Å². The molecule has 0 aliphatic rings. The molecule has 1 amide bonds. The molecule has 2 rings (SSSR count). The summed E-state index contributed by atoms with van der Waals surface area (Å²) in [5, 5.41) is 0. The first-order chi connectivity index (χ1) is 9.20. The monoisotopic (exact) mass is 273 g/mol. The van der Waals surface area contributed by atoms with Crippen molar-refractivity contribution in [1.82, 2.24) is 4.90 Å². The molecule has 2 aromatic rings. The summed E-state index contributed by atoms with van der Waals surface area (Å²) in [5.41, 5.74) is 1.27. The lowest BCUT2D eigenvalue weighted by molar-refractivity contribution is 0.0771. The molecule has 0 radical (unpaired) electrons. The molecule has 0 aliphatic heterocycles. The third kappa shape index (κ3) is 3.67. The van der Waals surface area contributed by atoms with Crippen molar-refractivity contribution in [2.24, 2.45) is 0 Å². The van der Waals surface area contributed by atoms with Crippen LogP contribution < -0.4 is 0 Å². The fourth-order valence-electron chi connectivity index (χ4n) is 2.02.